The van der Waals surface area contributed by atoms with Crippen molar-refractivity contribution in [1.29, 1.82) is 0 Å². The van der Waals surface area contributed by atoms with Crippen LogP contribution in [0.4, 0.5) is 4.79 Å². The van der Waals surface area contributed by atoms with E-state index in [0.717, 1.165) is 0 Å². The van der Waals surface area contributed by atoms with Gasteiger partial charge in [-0.3, -0.25) is 4.79 Å². The van der Waals surface area contributed by atoms with Crippen LogP contribution in [0.25, 0.3) is 0 Å². The number of aliphatic hydroxyl groups is 1. The zero-order valence-electron chi connectivity index (χ0n) is 14.3. The normalized spacial score (nSPS) is 15.1. The van der Waals surface area contributed by atoms with E-state index >= 15 is 0 Å². The van der Waals surface area contributed by atoms with Gasteiger partial charge in [0.15, 0.2) is 0 Å². The molecule has 3 atom stereocenters. The molecular weight excluding hydrogens is 324 g/mol. The van der Waals surface area contributed by atoms with Crippen molar-refractivity contribution < 1.29 is 29.0 Å². The molecule has 0 aliphatic rings. The number of methoxy groups -OCH3 is 1. The number of ether oxygens (including phenoxy) is 2. The number of hydrogen-bond acceptors (Lipinski definition) is 7. The fraction of sp³-hybridized carbons (Fsp3) is 0.786. The van der Waals surface area contributed by atoms with Crippen LogP contribution >= 0.6 is 11.8 Å². The van der Waals surface area contributed by atoms with Crippen LogP contribution in [0.1, 0.15) is 27.7 Å². The lowest BCUT2D eigenvalue weighted by Crippen LogP contribution is -2.56. The molecule has 0 aliphatic heterocycles. The molecule has 134 valence electrons. The molecule has 2 amide bonds. The zero-order valence-corrected chi connectivity index (χ0v) is 15.2. The number of thioether (sulfide) groups is 1. The van der Waals surface area contributed by atoms with E-state index in [1.54, 1.807) is 27.0 Å². The molecule has 0 fully saturated rings. The minimum Gasteiger partial charge on any atom is -0.467 e. The average molecular weight is 350 g/mol. The molecule has 8 nitrogen and oxygen atoms in total. The molecule has 0 aromatic heterocycles. The summed E-state index contributed by atoms with van der Waals surface area (Å²) in [7, 11) is 1.22. The van der Waals surface area contributed by atoms with Crippen LogP contribution in [0.15, 0.2) is 0 Å². The Morgan fingerprint density at radius 3 is 2.17 bits per heavy atom. The first-order valence-corrected chi connectivity index (χ1v) is 8.46. The monoisotopic (exact) mass is 350 g/mol. The fourth-order valence-electron chi connectivity index (χ4n) is 1.58. The third-order valence-electron chi connectivity index (χ3n) is 2.57. The molecule has 0 saturated carbocycles. The van der Waals surface area contributed by atoms with Gasteiger partial charge in [0.25, 0.3) is 0 Å². The maximum Gasteiger partial charge on any atom is 0.408 e. The van der Waals surface area contributed by atoms with Gasteiger partial charge in [-0.15, -0.1) is 0 Å². The van der Waals surface area contributed by atoms with E-state index in [-0.39, 0.29) is 0 Å². The second-order valence-corrected chi connectivity index (χ2v) is 6.81. The van der Waals surface area contributed by atoms with Gasteiger partial charge >= 0.3 is 12.1 Å². The van der Waals surface area contributed by atoms with Gasteiger partial charge in [-0.25, -0.2) is 9.59 Å². The van der Waals surface area contributed by atoms with E-state index in [9.17, 15) is 19.5 Å². The van der Waals surface area contributed by atoms with Gasteiger partial charge in [-0.05, 0) is 34.0 Å². The SMILES string of the molecule is COC(=O)[C@H](CSC)NC(=O)[C@@H](NC(=O)OC(C)(C)C)[C@@H](C)O. The number of alkyl carbamates (subject to hydrolysis) is 1. The molecule has 0 aliphatic carbocycles. The van der Waals surface area contributed by atoms with Crippen molar-refractivity contribution in [3.63, 3.8) is 0 Å². The van der Waals surface area contributed by atoms with E-state index in [0.29, 0.717) is 5.75 Å². The van der Waals surface area contributed by atoms with Crippen LogP contribution in [0.2, 0.25) is 0 Å². The van der Waals surface area contributed by atoms with Crippen molar-refractivity contribution in [3.05, 3.63) is 0 Å². The van der Waals surface area contributed by atoms with Crippen molar-refractivity contribution in [2.75, 3.05) is 19.1 Å². The highest BCUT2D eigenvalue weighted by Crippen LogP contribution is 2.08. The number of esters is 1. The first kappa shape index (κ1) is 21.5. The van der Waals surface area contributed by atoms with Gasteiger partial charge in [0.1, 0.15) is 17.7 Å². The molecule has 23 heavy (non-hydrogen) atoms. The van der Waals surface area contributed by atoms with Crippen LogP contribution < -0.4 is 10.6 Å². The molecule has 0 unspecified atom stereocenters. The van der Waals surface area contributed by atoms with Crippen LogP contribution in [-0.2, 0) is 19.1 Å². The molecule has 0 rings (SSSR count). The van der Waals surface area contributed by atoms with Crippen LogP contribution in [-0.4, -0.2) is 66.0 Å². The minimum absolute atomic E-state index is 0.303. The molecule has 0 radical (unpaired) electrons. The Morgan fingerprint density at radius 2 is 1.78 bits per heavy atom. The van der Waals surface area contributed by atoms with Crippen molar-refractivity contribution in [2.24, 2.45) is 0 Å². The Kier molecular flexibility index (Phi) is 8.99. The number of amides is 2. The highest BCUT2D eigenvalue weighted by atomic mass is 32.2. The molecule has 0 aromatic rings. The number of aliphatic hydroxyl groups excluding tert-OH is 1. The highest BCUT2D eigenvalue weighted by molar-refractivity contribution is 7.98. The number of hydrogen-bond donors (Lipinski definition) is 3. The summed E-state index contributed by atoms with van der Waals surface area (Å²) in [5.74, 6) is -0.998. The van der Waals surface area contributed by atoms with E-state index in [1.165, 1.54) is 25.8 Å². The molecule has 0 aromatic carbocycles. The standard InChI is InChI=1S/C14H26N2O6S/c1-8(17)10(16-13(20)22-14(2,3)4)11(18)15-9(7-23-6)12(19)21-5/h8-10,17H,7H2,1-6H3,(H,15,18)(H,16,20)/t8-,9+,10+/m1/s1. The smallest absolute Gasteiger partial charge is 0.408 e. The lowest BCUT2D eigenvalue weighted by molar-refractivity contribution is -0.144. The van der Waals surface area contributed by atoms with Gasteiger partial charge in [-0.2, -0.15) is 11.8 Å². The van der Waals surface area contributed by atoms with Crippen LogP contribution in [0, 0.1) is 0 Å². The summed E-state index contributed by atoms with van der Waals surface area (Å²) in [6.07, 6.45) is -0.235. The van der Waals surface area contributed by atoms with Crippen molar-refractivity contribution >= 4 is 29.7 Å². The topological polar surface area (TPSA) is 114 Å². The van der Waals surface area contributed by atoms with Crippen molar-refractivity contribution in [1.82, 2.24) is 10.6 Å². The summed E-state index contributed by atoms with van der Waals surface area (Å²) in [5, 5.41) is 14.5. The third kappa shape index (κ3) is 8.65. The van der Waals surface area contributed by atoms with Gasteiger partial charge < -0.3 is 25.2 Å². The van der Waals surface area contributed by atoms with Gasteiger partial charge in [0.2, 0.25) is 5.91 Å². The number of carbonyl (C=O) groups is 3. The van der Waals surface area contributed by atoms with Gasteiger partial charge in [-0.1, -0.05) is 0 Å². The Morgan fingerprint density at radius 1 is 1.22 bits per heavy atom. The summed E-state index contributed by atoms with van der Waals surface area (Å²) in [4.78, 5) is 35.6. The van der Waals surface area contributed by atoms with Crippen LogP contribution in [0.5, 0.6) is 0 Å². The maximum atomic E-state index is 12.2. The first-order valence-electron chi connectivity index (χ1n) is 7.06. The summed E-state index contributed by atoms with van der Waals surface area (Å²) < 4.78 is 9.66. The fourth-order valence-corrected chi connectivity index (χ4v) is 2.13. The predicted molar refractivity (Wildman–Crippen MR) is 87.2 cm³/mol. The second-order valence-electron chi connectivity index (χ2n) is 5.90. The lowest BCUT2D eigenvalue weighted by atomic mass is 10.1. The summed E-state index contributed by atoms with van der Waals surface area (Å²) in [6.45, 7) is 6.38. The molecule has 3 N–H and O–H groups in total. The number of rotatable bonds is 7. The Balaban J connectivity index is 4.91. The van der Waals surface area contributed by atoms with E-state index in [4.69, 9.17) is 4.74 Å². The largest absolute Gasteiger partial charge is 0.467 e. The molecule has 0 spiro atoms. The van der Waals surface area contributed by atoms with Gasteiger partial charge in [0, 0.05) is 5.75 Å². The number of carbonyl (C=O) groups excluding carboxylic acids is 3. The molecule has 0 saturated heterocycles. The minimum atomic E-state index is -1.25. The van der Waals surface area contributed by atoms with E-state index in [2.05, 4.69) is 15.4 Å². The maximum absolute atomic E-state index is 12.2. The molecule has 0 heterocycles. The van der Waals surface area contributed by atoms with Crippen molar-refractivity contribution in [3.8, 4) is 0 Å². The average Bonchev–Trinajstić information content (AvgIpc) is 2.41. The molecule has 9 heteroatoms. The van der Waals surface area contributed by atoms with Crippen LogP contribution in [0.3, 0.4) is 0 Å². The summed E-state index contributed by atoms with van der Waals surface area (Å²) in [5.41, 5.74) is -0.739. The highest BCUT2D eigenvalue weighted by Gasteiger charge is 2.31. The summed E-state index contributed by atoms with van der Waals surface area (Å²) >= 11 is 1.35. The Bertz CT molecular complexity index is 422. The first-order chi connectivity index (χ1) is 10.5. The van der Waals surface area contributed by atoms with Gasteiger partial charge in [0.05, 0.1) is 13.2 Å². The summed E-state index contributed by atoms with van der Waals surface area (Å²) in [6, 6.07) is -2.12. The predicted octanol–water partition coefficient (Wildman–Crippen LogP) is 0.281. The molecule has 0 bridgehead atoms. The van der Waals surface area contributed by atoms with Crippen molar-refractivity contribution in [2.45, 2.75) is 51.5 Å². The van der Waals surface area contributed by atoms with E-state index < -0.39 is 41.8 Å². The third-order valence-corrected chi connectivity index (χ3v) is 3.24. The Labute approximate surface area is 140 Å². The lowest BCUT2D eigenvalue weighted by Gasteiger charge is -2.26. The zero-order chi connectivity index (χ0) is 18.2. The quantitative estimate of drug-likeness (QED) is 0.565. The second kappa shape index (κ2) is 9.61. The number of nitrogens with one attached hydrogen (secondary N) is 2. The van der Waals surface area contributed by atoms with E-state index in [1.807, 2.05) is 0 Å². The molecular formula is C14H26N2O6S. The Hall–Kier alpha value is -1.48.